The van der Waals surface area contributed by atoms with Gasteiger partial charge in [-0.1, -0.05) is 75.0 Å². The van der Waals surface area contributed by atoms with Crippen molar-refractivity contribution in [2.45, 2.75) is 39.0 Å². The number of benzene rings is 2. The SMILES string of the molecule is C=C(Cc1ccccc1C(CC)CC)c1ccccc1. The number of allylic oxidation sites excluding steroid dienone is 1. The third-order valence-corrected chi connectivity index (χ3v) is 4.07. The Bertz CT molecular complexity index is 547. The molecule has 0 N–H and O–H groups in total. The molecule has 0 unspecified atom stereocenters. The molecule has 0 atom stereocenters. The summed E-state index contributed by atoms with van der Waals surface area (Å²) in [5, 5.41) is 0. The molecule has 0 heteroatoms. The van der Waals surface area contributed by atoms with Crippen LogP contribution >= 0.6 is 0 Å². The molecule has 0 aliphatic rings. The quantitative estimate of drug-likeness (QED) is 0.614. The Morgan fingerprint density at radius 3 is 2.15 bits per heavy atom. The van der Waals surface area contributed by atoms with Crippen LogP contribution in [0.4, 0.5) is 0 Å². The molecule has 104 valence electrons. The van der Waals surface area contributed by atoms with E-state index in [1.807, 2.05) is 0 Å². The first kappa shape index (κ1) is 14.6. The molecule has 0 saturated carbocycles. The van der Waals surface area contributed by atoms with E-state index in [0.717, 1.165) is 6.42 Å². The van der Waals surface area contributed by atoms with Crippen LogP contribution < -0.4 is 0 Å². The van der Waals surface area contributed by atoms with E-state index < -0.39 is 0 Å². The fraction of sp³-hybridized carbons (Fsp3) is 0.300. The molecule has 0 aromatic heterocycles. The Morgan fingerprint density at radius 2 is 1.50 bits per heavy atom. The molecule has 0 aliphatic carbocycles. The highest BCUT2D eigenvalue weighted by molar-refractivity contribution is 5.66. The lowest BCUT2D eigenvalue weighted by atomic mass is 9.87. The van der Waals surface area contributed by atoms with Crippen molar-refractivity contribution in [3.8, 4) is 0 Å². The summed E-state index contributed by atoms with van der Waals surface area (Å²) in [4.78, 5) is 0. The largest absolute Gasteiger partial charge is 0.0949 e. The summed E-state index contributed by atoms with van der Waals surface area (Å²) < 4.78 is 0. The summed E-state index contributed by atoms with van der Waals surface area (Å²) >= 11 is 0. The van der Waals surface area contributed by atoms with Crippen molar-refractivity contribution < 1.29 is 0 Å². The predicted octanol–water partition coefficient (Wildman–Crippen LogP) is 5.85. The van der Waals surface area contributed by atoms with E-state index in [0.29, 0.717) is 5.92 Å². The van der Waals surface area contributed by atoms with Crippen molar-refractivity contribution in [1.29, 1.82) is 0 Å². The van der Waals surface area contributed by atoms with Crippen LogP contribution in [0, 0.1) is 0 Å². The van der Waals surface area contributed by atoms with E-state index >= 15 is 0 Å². The van der Waals surface area contributed by atoms with Crippen LogP contribution in [0.3, 0.4) is 0 Å². The molecule has 20 heavy (non-hydrogen) atoms. The van der Waals surface area contributed by atoms with Crippen LogP contribution in [-0.4, -0.2) is 0 Å². The van der Waals surface area contributed by atoms with Crippen LogP contribution in [-0.2, 0) is 6.42 Å². The zero-order valence-corrected chi connectivity index (χ0v) is 12.6. The lowest BCUT2D eigenvalue weighted by Gasteiger charge is -2.18. The lowest BCUT2D eigenvalue weighted by molar-refractivity contribution is 0.637. The Morgan fingerprint density at radius 1 is 0.900 bits per heavy atom. The van der Waals surface area contributed by atoms with Gasteiger partial charge in [0.1, 0.15) is 0 Å². The van der Waals surface area contributed by atoms with Crippen LogP contribution in [0.15, 0.2) is 61.2 Å². The van der Waals surface area contributed by atoms with Gasteiger partial charge < -0.3 is 0 Å². The van der Waals surface area contributed by atoms with E-state index in [-0.39, 0.29) is 0 Å². The topological polar surface area (TPSA) is 0 Å². The maximum absolute atomic E-state index is 4.27. The second-order valence-electron chi connectivity index (χ2n) is 5.36. The molecular formula is C20H24. The lowest BCUT2D eigenvalue weighted by Crippen LogP contribution is -2.02. The first-order valence-corrected chi connectivity index (χ1v) is 7.57. The van der Waals surface area contributed by atoms with Crippen LogP contribution in [0.25, 0.3) is 5.57 Å². The minimum atomic E-state index is 0.662. The molecule has 0 spiro atoms. The highest BCUT2D eigenvalue weighted by atomic mass is 14.2. The van der Waals surface area contributed by atoms with Crippen molar-refractivity contribution in [3.63, 3.8) is 0 Å². The average Bonchev–Trinajstić information content (AvgIpc) is 2.51. The molecule has 2 aromatic carbocycles. The van der Waals surface area contributed by atoms with Gasteiger partial charge in [0, 0.05) is 0 Å². The Hall–Kier alpha value is -1.82. The highest BCUT2D eigenvalue weighted by Crippen LogP contribution is 2.29. The molecule has 0 bridgehead atoms. The Labute approximate surface area is 123 Å². The molecule has 0 radical (unpaired) electrons. The highest BCUT2D eigenvalue weighted by Gasteiger charge is 2.12. The maximum atomic E-state index is 4.27. The molecular weight excluding hydrogens is 240 g/mol. The van der Waals surface area contributed by atoms with Crippen molar-refractivity contribution in [2.75, 3.05) is 0 Å². The van der Waals surface area contributed by atoms with Gasteiger partial charge in [0.2, 0.25) is 0 Å². The van der Waals surface area contributed by atoms with Crippen molar-refractivity contribution in [2.24, 2.45) is 0 Å². The zero-order valence-electron chi connectivity index (χ0n) is 12.6. The van der Waals surface area contributed by atoms with Gasteiger partial charge in [0.25, 0.3) is 0 Å². The predicted molar refractivity (Wildman–Crippen MR) is 88.9 cm³/mol. The summed E-state index contributed by atoms with van der Waals surface area (Å²) in [6, 6.07) is 19.3. The van der Waals surface area contributed by atoms with Crippen molar-refractivity contribution >= 4 is 5.57 Å². The number of rotatable bonds is 6. The van der Waals surface area contributed by atoms with Crippen LogP contribution in [0.2, 0.25) is 0 Å². The molecule has 0 nitrogen and oxygen atoms in total. The van der Waals surface area contributed by atoms with Gasteiger partial charge in [-0.15, -0.1) is 0 Å². The van der Waals surface area contributed by atoms with E-state index in [1.54, 1.807) is 0 Å². The van der Waals surface area contributed by atoms with Crippen LogP contribution in [0.1, 0.15) is 49.3 Å². The minimum Gasteiger partial charge on any atom is -0.0949 e. The fourth-order valence-electron chi connectivity index (χ4n) is 2.83. The van der Waals surface area contributed by atoms with Gasteiger partial charge in [-0.2, -0.15) is 0 Å². The summed E-state index contributed by atoms with van der Waals surface area (Å²) in [5.74, 6) is 0.662. The smallest absolute Gasteiger partial charge is 0.00229 e. The molecule has 0 heterocycles. The van der Waals surface area contributed by atoms with Gasteiger partial charge in [-0.3, -0.25) is 0 Å². The summed E-state index contributed by atoms with van der Waals surface area (Å²) in [6.45, 7) is 8.82. The maximum Gasteiger partial charge on any atom is -0.00229 e. The minimum absolute atomic E-state index is 0.662. The normalized spacial score (nSPS) is 10.8. The van der Waals surface area contributed by atoms with Crippen molar-refractivity contribution in [1.82, 2.24) is 0 Å². The number of hydrogen-bond donors (Lipinski definition) is 0. The van der Waals surface area contributed by atoms with Gasteiger partial charge in [-0.05, 0) is 47.4 Å². The molecule has 0 amide bonds. The first-order valence-electron chi connectivity index (χ1n) is 7.57. The van der Waals surface area contributed by atoms with E-state index in [4.69, 9.17) is 0 Å². The first-order chi connectivity index (χ1) is 9.76. The third kappa shape index (κ3) is 3.39. The molecule has 0 fully saturated rings. The fourth-order valence-corrected chi connectivity index (χ4v) is 2.83. The van der Waals surface area contributed by atoms with Crippen LogP contribution in [0.5, 0.6) is 0 Å². The summed E-state index contributed by atoms with van der Waals surface area (Å²) in [5.41, 5.74) is 5.36. The van der Waals surface area contributed by atoms with Gasteiger partial charge in [-0.25, -0.2) is 0 Å². The average molecular weight is 264 g/mol. The van der Waals surface area contributed by atoms with Gasteiger partial charge in [0.05, 0.1) is 0 Å². The number of hydrogen-bond acceptors (Lipinski definition) is 0. The van der Waals surface area contributed by atoms with Crippen molar-refractivity contribution in [3.05, 3.63) is 77.9 Å². The third-order valence-electron chi connectivity index (χ3n) is 4.07. The molecule has 0 aliphatic heterocycles. The van der Waals surface area contributed by atoms with Gasteiger partial charge in [0.15, 0.2) is 0 Å². The van der Waals surface area contributed by atoms with E-state index in [1.165, 1.54) is 35.1 Å². The standard InChI is InChI=1S/C20H24/c1-4-17(5-2)20-14-10-9-13-19(20)15-16(3)18-11-7-6-8-12-18/h6-14,17H,3-5,15H2,1-2H3. The summed E-state index contributed by atoms with van der Waals surface area (Å²) in [6.07, 6.45) is 3.34. The van der Waals surface area contributed by atoms with E-state index in [9.17, 15) is 0 Å². The zero-order chi connectivity index (χ0) is 14.4. The summed E-state index contributed by atoms with van der Waals surface area (Å²) in [7, 11) is 0. The van der Waals surface area contributed by atoms with E-state index in [2.05, 4.69) is 75.0 Å². The Kier molecular flexibility index (Phi) is 5.17. The molecule has 2 rings (SSSR count). The van der Waals surface area contributed by atoms with Gasteiger partial charge >= 0.3 is 0 Å². The second-order valence-corrected chi connectivity index (χ2v) is 5.36. The molecule has 0 saturated heterocycles. The second kappa shape index (κ2) is 7.09. The monoisotopic (exact) mass is 264 g/mol. The Balaban J connectivity index is 2.23. The molecule has 2 aromatic rings.